The zero-order chi connectivity index (χ0) is 23.5. The molecule has 0 saturated heterocycles. The Morgan fingerprint density at radius 1 is 1.09 bits per heavy atom. The van der Waals surface area contributed by atoms with Gasteiger partial charge in [-0.2, -0.15) is 0 Å². The van der Waals surface area contributed by atoms with Crippen LogP contribution in [0.1, 0.15) is 41.4 Å². The third-order valence-corrected chi connectivity index (χ3v) is 5.68. The predicted octanol–water partition coefficient (Wildman–Crippen LogP) is 3.37. The third kappa shape index (κ3) is 4.14. The highest BCUT2D eigenvalue weighted by Crippen LogP contribution is 2.44. The number of likely N-dealkylation sites (N-methyl/N-ethyl adjacent to an activating group) is 1. The van der Waals surface area contributed by atoms with E-state index in [-0.39, 0.29) is 30.6 Å². The summed E-state index contributed by atoms with van der Waals surface area (Å²) in [7, 11) is 0. The number of nitrogens with one attached hydrogen (secondary N) is 1. The van der Waals surface area contributed by atoms with E-state index in [2.05, 4.69) is 20.3 Å². The Hall–Kier alpha value is -4.21. The fraction of sp³-hybridized carbons (Fsp3) is 0.261. The van der Waals surface area contributed by atoms with Gasteiger partial charge in [-0.3, -0.25) is 10.1 Å². The van der Waals surface area contributed by atoms with Crippen molar-refractivity contribution >= 4 is 23.8 Å². The molecule has 170 valence electrons. The number of fused-ring (bicyclic) bond motifs is 3. The minimum absolute atomic E-state index is 0.0750. The number of ether oxygens (including phenoxy) is 1. The first-order valence-corrected chi connectivity index (χ1v) is 10.4. The van der Waals surface area contributed by atoms with Crippen molar-refractivity contribution in [2.75, 3.05) is 18.5 Å². The van der Waals surface area contributed by atoms with Crippen molar-refractivity contribution in [1.82, 2.24) is 15.2 Å². The second kappa shape index (κ2) is 9.11. The molecule has 10 nitrogen and oxygen atoms in total. The maximum atomic E-state index is 12.7. The minimum Gasteiger partial charge on any atom is -0.480 e. The number of amides is 2. The molecule has 1 aromatic heterocycles. The van der Waals surface area contributed by atoms with Gasteiger partial charge in [0, 0.05) is 12.5 Å². The van der Waals surface area contributed by atoms with Gasteiger partial charge in [-0.05, 0) is 46.4 Å². The SMILES string of the molecule is CCN(C(=O)c1nonc1NC(=O)OCC1c2ccccc2-c2ccccc21)C(C)C(=O)O. The number of anilines is 1. The third-order valence-electron chi connectivity index (χ3n) is 5.68. The fourth-order valence-electron chi connectivity index (χ4n) is 4.00. The maximum Gasteiger partial charge on any atom is 0.412 e. The number of carboxylic acid groups (broad SMARTS) is 1. The van der Waals surface area contributed by atoms with E-state index in [4.69, 9.17) is 4.74 Å². The number of rotatable bonds is 7. The second-order valence-electron chi connectivity index (χ2n) is 7.52. The van der Waals surface area contributed by atoms with Gasteiger partial charge < -0.3 is 14.7 Å². The lowest BCUT2D eigenvalue weighted by Gasteiger charge is -2.23. The average molecular weight is 450 g/mol. The smallest absolute Gasteiger partial charge is 0.412 e. The van der Waals surface area contributed by atoms with Crippen molar-refractivity contribution in [3.63, 3.8) is 0 Å². The van der Waals surface area contributed by atoms with Gasteiger partial charge in [-0.25, -0.2) is 14.2 Å². The molecule has 0 fully saturated rings. The average Bonchev–Trinajstić information content (AvgIpc) is 3.40. The number of carboxylic acids is 1. The summed E-state index contributed by atoms with van der Waals surface area (Å²) in [4.78, 5) is 37.6. The molecule has 2 amide bonds. The van der Waals surface area contributed by atoms with E-state index in [0.29, 0.717) is 0 Å². The normalized spacial score (nSPS) is 13.0. The van der Waals surface area contributed by atoms with Crippen LogP contribution in [0, 0.1) is 0 Å². The van der Waals surface area contributed by atoms with Crippen molar-refractivity contribution in [3.05, 3.63) is 65.4 Å². The number of hydrogen-bond acceptors (Lipinski definition) is 7. The van der Waals surface area contributed by atoms with Gasteiger partial charge in [0.15, 0.2) is 0 Å². The number of aliphatic carboxylic acids is 1. The molecule has 33 heavy (non-hydrogen) atoms. The molecule has 1 atom stereocenters. The van der Waals surface area contributed by atoms with Gasteiger partial charge in [0.05, 0.1) is 0 Å². The van der Waals surface area contributed by atoms with E-state index in [1.54, 1.807) is 6.92 Å². The molecule has 0 bridgehead atoms. The zero-order valence-corrected chi connectivity index (χ0v) is 18.0. The zero-order valence-electron chi connectivity index (χ0n) is 18.0. The summed E-state index contributed by atoms with van der Waals surface area (Å²) < 4.78 is 10.0. The lowest BCUT2D eigenvalue weighted by Crippen LogP contribution is -2.43. The van der Waals surface area contributed by atoms with E-state index in [1.807, 2.05) is 48.5 Å². The van der Waals surface area contributed by atoms with Crippen LogP contribution in [-0.2, 0) is 9.53 Å². The molecule has 2 aromatic carbocycles. The Kier molecular flexibility index (Phi) is 6.07. The molecule has 1 heterocycles. The summed E-state index contributed by atoms with van der Waals surface area (Å²) in [6.07, 6.45) is -0.837. The summed E-state index contributed by atoms with van der Waals surface area (Å²) in [6.45, 7) is 3.19. The highest BCUT2D eigenvalue weighted by atomic mass is 16.6. The Bertz CT molecular complexity index is 1160. The van der Waals surface area contributed by atoms with Crippen LogP contribution in [0.5, 0.6) is 0 Å². The van der Waals surface area contributed by atoms with Crippen molar-refractivity contribution in [1.29, 1.82) is 0 Å². The van der Waals surface area contributed by atoms with Gasteiger partial charge in [0.25, 0.3) is 5.91 Å². The van der Waals surface area contributed by atoms with Crippen LogP contribution in [0.15, 0.2) is 53.2 Å². The predicted molar refractivity (Wildman–Crippen MR) is 117 cm³/mol. The Labute approximate surface area is 189 Å². The quantitative estimate of drug-likeness (QED) is 0.559. The van der Waals surface area contributed by atoms with Crippen LogP contribution in [0.4, 0.5) is 10.6 Å². The molecule has 2 N–H and O–H groups in total. The van der Waals surface area contributed by atoms with Crippen molar-refractivity contribution < 1.29 is 28.9 Å². The van der Waals surface area contributed by atoms with Crippen molar-refractivity contribution in [3.8, 4) is 11.1 Å². The molecule has 3 aromatic rings. The second-order valence-corrected chi connectivity index (χ2v) is 7.52. The van der Waals surface area contributed by atoms with Crippen molar-refractivity contribution in [2.24, 2.45) is 0 Å². The van der Waals surface area contributed by atoms with E-state index < -0.39 is 24.0 Å². The Morgan fingerprint density at radius 3 is 2.27 bits per heavy atom. The number of carbonyl (C=O) groups is 3. The van der Waals surface area contributed by atoms with E-state index in [9.17, 15) is 19.5 Å². The molecule has 0 aliphatic heterocycles. The van der Waals surface area contributed by atoms with Gasteiger partial charge in [-0.15, -0.1) is 0 Å². The highest BCUT2D eigenvalue weighted by Gasteiger charge is 2.32. The summed E-state index contributed by atoms with van der Waals surface area (Å²) in [5, 5.41) is 18.7. The van der Waals surface area contributed by atoms with Gasteiger partial charge in [0.1, 0.15) is 12.6 Å². The Balaban J connectivity index is 1.46. The van der Waals surface area contributed by atoms with Gasteiger partial charge >= 0.3 is 12.1 Å². The molecule has 0 radical (unpaired) electrons. The molecular weight excluding hydrogens is 428 g/mol. The summed E-state index contributed by atoms with van der Waals surface area (Å²) in [6, 6.07) is 14.8. The van der Waals surface area contributed by atoms with E-state index >= 15 is 0 Å². The molecule has 0 saturated carbocycles. The Morgan fingerprint density at radius 2 is 1.70 bits per heavy atom. The molecule has 10 heteroatoms. The van der Waals surface area contributed by atoms with Crippen LogP contribution in [0.2, 0.25) is 0 Å². The number of aromatic nitrogens is 2. The molecule has 4 rings (SSSR count). The van der Waals surface area contributed by atoms with Crippen LogP contribution in [-0.4, -0.2) is 57.5 Å². The molecule has 1 unspecified atom stereocenters. The topological polar surface area (TPSA) is 135 Å². The number of carbonyl (C=O) groups excluding carboxylic acids is 2. The van der Waals surface area contributed by atoms with Crippen LogP contribution in [0.3, 0.4) is 0 Å². The standard InChI is InChI=1S/C23H22N4O6/c1-3-27(13(2)22(29)30)21(28)19-20(26-33-25-19)24-23(31)32-12-18-16-10-6-4-8-14(16)15-9-5-7-11-17(15)18/h4-11,13,18H,3,12H2,1-2H3,(H,29,30)(H,24,26,31). The van der Waals surface area contributed by atoms with E-state index in [0.717, 1.165) is 27.2 Å². The minimum atomic E-state index is -1.17. The number of hydrogen-bond donors (Lipinski definition) is 2. The fourth-order valence-corrected chi connectivity index (χ4v) is 4.00. The molecule has 1 aliphatic rings. The molecular formula is C23H22N4O6. The lowest BCUT2D eigenvalue weighted by molar-refractivity contribution is -0.141. The highest BCUT2D eigenvalue weighted by molar-refractivity contribution is 6.01. The largest absolute Gasteiger partial charge is 0.480 e. The van der Waals surface area contributed by atoms with Crippen LogP contribution >= 0.6 is 0 Å². The number of benzene rings is 2. The van der Waals surface area contributed by atoms with Crippen LogP contribution in [0.25, 0.3) is 11.1 Å². The maximum absolute atomic E-state index is 12.7. The summed E-state index contributed by atoms with van der Waals surface area (Å²) >= 11 is 0. The van der Waals surface area contributed by atoms with Crippen LogP contribution < -0.4 is 5.32 Å². The molecule has 0 spiro atoms. The number of nitrogens with zero attached hydrogens (tertiary/aromatic N) is 3. The monoisotopic (exact) mass is 450 g/mol. The van der Waals surface area contributed by atoms with Crippen molar-refractivity contribution in [2.45, 2.75) is 25.8 Å². The first kappa shape index (κ1) is 22.0. The molecule has 1 aliphatic carbocycles. The lowest BCUT2D eigenvalue weighted by atomic mass is 9.98. The van der Waals surface area contributed by atoms with E-state index in [1.165, 1.54) is 6.92 Å². The van der Waals surface area contributed by atoms with Gasteiger partial charge in [-0.1, -0.05) is 48.5 Å². The summed E-state index contributed by atoms with van der Waals surface area (Å²) in [5.41, 5.74) is 4.02. The first-order chi connectivity index (χ1) is 15.9. The summed E-state index contributed by atoms with van der Waals surface area (Å²) in [5.74, 6) is -2.28. The first-order valence-electron chi connectivity index (χ1n) is 10.4. The van der Waals surface area contributed by atoms with Gasteiger partial charge in [0.2, 0.25) is 11.5 Å².